The van der Waals surface area contributed by atoms with Crippen molar-refractivity contribution < 1.29 is 24.2 Å². The first-order valence-corrected chi connectivity index (χ1v) is 10.2. The average Bonchev–Trinajstić information content (AvgIpc) is 3.38. The molecular formula is C21H28N6O5. The summed E-state index contributed by atoms with van der Waals surface area (Å²) in [6.07, 6.45) is 2.42. The molecule has 32 heavy (non-hydrogen) atoms. The van der Waals surface area contributed by atoms with Crippen LogP contribution >= 0.6 is 0 Å². The molecule has 11 nitrogen and oxygen atoms in total. The average molecular weight is 444 g/mol. The number of pyridine rings is 1. The van der Waals surface area contributed by atoms with Crippen molar-refractivity contribution >= 4 is 17.8 Å². The minimum atomic E-state index is -0.806. The van der Waals surface area contributed by atoms with E-state index in [9.17, 15) is 19.5 Å². The molecule has 0 aliphatic carbocycles. The molecule has 3 rings (SSSR count). The second kappa shape index (κ2) is 9.03. The highest BCUT2D eigenvalue weighted by atomic mass is 16.5. The molecule has 3 heterocycles. The van der Waals surface area contributed by atoms with Crippen LogP contribution in [0, 0.1) is 5.41 Å². The molecule has 1 fully saturated rings. The molecule has 1 aliphatic rings. The highest BCUT2D eigenvalue weighted by Gasteiger charge is 2.45. The fraction of sp³-hybridized carbons (Fsp3) is 0.524. The van der Waals surface area contributed by atoms with E-state index < -0.39 is 29.6 Å². The number of likely N-dealkylation sites (N-methyl/N-ethyl adjacent to an activating group) is 1. The van der Waals surface area contributed by atoms with Crippen LogP contribution in [0.4, 0.5) is 0 Å². The van der Waals surface area contributed by atoms with Crippen molar-refractivity contribution in [3.8, 4) is 11.3 Å². The number of rotatable bonds is 5. The number of methoxy groups -OCH3 is 1. The van der Waals surface area contributed by atoms with E-state index in [0.717, 1.165) is 0 Å². The molecule has 2 aromatic rings. The molecule has 172 valence electrons. The number of likely N-dealkylation sites (tertiary alicyclic amines) is 1. The predicted octanol–water partition coefficient (Wildman–Crippen LogP) is 0.422. The van der Waals surface area contributed by atoms with Crippen molar-refractivity contribution in [1.29, 1.82) is 0 Å². The molecule has 0 saturated carbocycles. The van der Waals surface area contributed by atoms with Crippen molar-refractivity contribution in [2.75, 3.05) is 20.7 Å². The maximum atomic E-state index is 13.6. The zero-order valence-electron chi connectivity index (χ0n) is 18.8. The Morgan fingerprint density at radius 1 is 1.31 bits per heavy atom. The molecular weight excluding hydrogens is 416 g/mol. The minimum absolute atomic E-state index is 0.0557. The van der Waals surface area contributed by atoms with Gasteiger partial charge in [0.2, 0.25) is 11.8 Å². The monoisotopic (exact) mass is 444 g/mol. The van der Waals surface area contributed by atoms with Gasteiger partial charge in [-0.15, -0.1) is 5.10 Å². The van der Waals surface area contributed by atoms with E-state index >= 15 is 0 Å². The molecule has 2 N–H and O–H groups in total. The van der Waals surface area contributed by atoms with Crippen molar-refractivity contribution in [3.63, 3.8) is 0 Å². The quantitative estimate of drug-likeness (QED) is 0.633. The van der Waals surface area contributed by atoms with Gasteiger partial charge in [0.25, 0.3) is 0 Å². The van der Waals surface area contributed by atoms with Crippen LogP contribution in [0.25, 0.3) is 11.3 Å². The Balaban J connectivity index is 1.99. The lowest BCUT2D eigenvalue weighted by Gasteiger charge is -2.34. The van der Waals surface area contributed by atoms with Crippen molar-refractivity contribution in [1.82, 2.24) is 30.2 Å². The van der Waals surface area contributed by atoms with Crippen LogP contribution in [0.2, 0.25) is 0 Å². The number of hydrogen-bond donors (Lipinski definition) is 2. The second-order valence-corrected chi connectivity index (χ2v) is 8.75. The maximum Gasteiger partial charge on any atom is 0.357 e. The van der Waals surface area contributed by atoms with E-state index in [2.05, 4.69) is 20.6 Å². The van der Waals surface area contributed by atoms with Gasteiger partial charge in [-0.25, -0.2) is 14.5 Å². The lowest BCUT2D eigenvalue weighted by molar-refractivity contribution is -0.144. The summed E-state index contributed by atoms with van der Waals surface area (Å²) < 4.78 is 6.22. The Morgan fingerprint density at radius 2 is 2.03 bits per heavy atom. The number of ether oxygens (including phenoxy) is 1. The molecule has 0 unspecified atom stereocenters. The minimum Gasteiger partial charge on any atom is -0.464 e. The maximum absolute atomic E-state index is 13.6. The predicted molar refractivity (Wildman–Crippen MR) is 113 cm³/mol. The van der Waals surface area contributed by atoms with Crippen LogP contribution in [0.3, 0.4) is 0 Å². The van der Waals surface area contributed by atoms with Crippen molar-refractivity contribution in [3.05, 3.63) is 30.2 Å². The fourth-order valence-electron chi connectivity index (χ4n) is 3.91. The standard InChI is InChI=1S/C21H28N6O5/c1-21(2,3)17(19(30)26-10-12(28)9-15(26)18(29)22-4)27-11-14(24-25-27)13-7-6-8-23-16(13)20(31)32-5/h6-8,11-12,15,17,28H,9-10H2,1-5H3,(H,22,29)/t12-,15+,17-/m1/s1. The van der Waals surface area contributed by atoms with Crippen LogP contribution in [0.1, 0.15) is 43.7 Å². The fourth-order valence-corrected chi connectivity index (χ4v) is 3.91. The number of carbonyl (C=O) groups is 3. The Bertz CT molecular complexity index is 1010. The van der Waals surface area contributed by atoms with Crippen molar-refractivity contribution in [2.24, 2.45) is 5.41 Å². The number of nitrogens with zero attached hydrogens (tertiary/aromatic N) is 5. The molecule has 11 heteroatoms. The summed E-state index contributed by atoms with van der Waals surface area (Å²) in [5.41, 5.74) is 0.265. The number of aromatic nitrogens is 4. The number of nitrogens with one attached hydrogen (secondary N) is 1. The van der Waals surface area contributed by atoms with Gasteiger partial charge in [-0.3, -0.25) is 9.59 Å². The molecule has 0 aromatic carbocycles. The number of aliphatic hydroxyl groups excluding tert-OH is 1. The van der Waals surface area contributed by atoms with E-state index in [-0.39, 0.29) is 30.5 Å². The first kappa shape index (κ1) is 23.3. The SMILES string of the molecule is CNC(=O)[C@@H]1C[C@@H](O)CN1C(=O)[C@@H](n1cc(-c2cccnc2C(=O)OC)nn1)C(C)(C)C. The third kappa shape index (κ3) is 4.47. The highest BCUT2D eigenvalue weighted by Crippen LogP contribution is 2.35. The third-order valence-corrected chi connectivity index (χ3v) is 5.40. The zero-order chi connectivity index (χ0) is 23.6. The summed E-state index contributed by atoms with van der Waals surface area (Å²) in [5.74, 6) is -1.29. The topological polar surface area (TPSA) is 140 Å². The molecule has 2 amide bonds. The van der Waals surface area contributed by atoms with Gasteiger partial charge in [0.05, 0.1) is 19.4 Å². The Morgan fingerprint density at radius 3 is 2.66 bits per heavy atom. The summed E-state index contributed by atoms with van der Waals surface area (Å²) in [6, 6.07) is 1.76. The van der Waals surface area contributed by atoms with E-state index in [1.165, 1.54) is 29.9 Å². The number of aliphatic hydroxyl groups is 1. The van der Waals surface area contributed by atoms with Crippen LogP contribution in [-0.4, -0.2) is 80.6 Å². The number of esters is 1. The number of β-amino-alcohol motifs (C(OH)–C–C–N with tert-alkyl or cyclic N) is 1. The van der Waals surface area contributed by atoms with Gasteiger partial charge in [0.1, 0.15) is 17.8 Å². The summed E-state index contributed by atoms with van der Waals surface area (Å²) in [7, 11) is 2.76. The van der Waals surface area contributed by atoms with Gasteiger partial charge < -0.3 is 20.1 Å². The van der Waals surface area contributed by atoms with Gasteiger partial charge in [0, 0.05) is 31.8 Å². The van der Waals surface area contributed by atoms with Crippen molar-refractivity contribution in [2.45, 2.75) is 45.4 Å². The second-order valence-electron chi connectivity index (χ2n) is 8.75. The first-order valence-electron chi connectivity index (χ1n) is 10.2. The molecule has 1 aliphatic heterocycles. The summed E-state index contributed by atoms with van der Waals surface area (Å²) in [4.78, 5) is 43.5. The largest absolute Gasteiger partial charge is 0.464 e. The van der Waals surface area contributed by atoms with Gasteiger partial charge in [0.15, 0.2) is 5.69 Å². The smallest absolute Gasteiger partial charge is 0.357 e. The number of hydrogen-bond acceptors (Lipinski definition) is 8. The highest BCUT2D eigenvalue weighted by molar-refractivity contribution is 5.94. The van der Waals surface area contributed by atoms with E-state index in [1.54, 1.807) is 18.3 Å². The molecule has 3 atom stereocenters. The number of carbonyl (C=O) groups excluding carboxylic acids is 3. The molecule has 1 saturated heterocycles. The third-order valence-electron chi connectivity index (χ3n) is 5.40. The summed E-state index contributed by atoms with van der Waals surface area (Å²) in [6.45, 7) is 5.69. The van der Waals surface area contributed by atoms with Crippen LogP contribution in [0.5, 0.6) is 0 Å². The van der Waals surface area contributed by atoms with E-state index in [4.69, 9.17) is 4.74 Å². The Labute approximate surface area is 185 Å². The van der Waals surface area contributed by atoms with Gasteiger partial charge in [-0.05, 0) is 17.5 Å². The summed E-state index contributed by atoms with van der Waals surface area (Å²) in [5, 5.41) is 21.0. The van der Waals surface area contributed by atoms with E-state index in [0.29, 0.717) is 11.3 Å². The molecule has 2 aromatic heterocycles. The van der Waals surface area contributed by atoms with Crippen LogP contribution in [-0.2, 0) is 14.3 Å². The van der Waals surface area contributed by atoms with Crippen LogP contribution < -0.4 is 5.32 Å². The zero-order valence-corrected chi connectivity index (χ0v) is 18.8. The van der Waals surface area contributed by atoms with Gasteiger partial charge >= 0.3 is 5.97 Å². The first-order chi connectivity index (χ1) is 15.1. The molecule has 0 spiro atoms. The Kier molecular flexibility index (Phi) is 6.58. The number of amides is 2. The van der Waals surface area contributed by atoms with E-state index in [1.807, 2.05) is 20.8 Å². The lowest BCUT2D eigenvalue weighted by atomic mass is 9.85. The molecule has 0 radical (unpaired) electrons. The van der Waals surface area contributed by atoms with Crippen LogP contribution in [0.15, 0.2) is 24.5 Å². The normalized spacial score (nSPS) is 19.5. The lowest BCUT2D eigenvalue weighted by Crippen LogP contribution is -2.49. The Hall–Kier alpha value is -3.34. The summed E-state index contributed by atoms with van der Waals surface area (Å²) >= 11 is 0. The molecule has 0 bridgehead atoms. The van der Waals surface area contributed by atoms with Gasteiger partial charge in [-0.1, -0.05) is 26.0 Å². The van der Waals surface area contributed by atoms with Gasteiger partial charge in [-0.2, -0.15) is 0 Å².